The van der Waals surface area contributed by atoms with Gasteiger partial charge in [-0.3, -0.25) is 4.79 Å². The first-order valence-corrected chi connectivity index (χ1v) is 10.7. The van der Waals surface area contributed by atoms with E-state index in [1.54, 1.807) is 18.3 Å². The molecule has 28 heavy (non-hydrogen) atoms. The van der Waals surface area contributed by atoms with Gasteiger partial charge in [-0.25, -0.2) is 13.4 Å². The van der Waals surface area contributed by atoms with Crippen LogP contribution in [0.3, 0.4) is 0 Å². The summed E-state index contributed by atoms with van der Waals surface area (Å²) in [5, 5.41) is 0.617. The van der Waals surface area contributed by atoms with Gasteiger partial charge in [-0.1, -0.05) is 11.6 Å². The zero-order valence-corrected chi connectivity index (χ0v) is 16.5. The minimum atomic E-state index is -3.60. The predicted octanol–water partition coefficient (Wildman–Crippen LogP) is 2.99. The maximum absolute atomic E-state index is 12.7. The van der Waals surface area contributed by atoms with Crippen molar-refractivity contribution in [1.29, 1.82) is 0 Å². The quantitative estimate of drug-likeness (QED) is 0.634. The molecule has 146 valence electrons. The fraction of sp³-hybridized carbons (Fsp3) is 0.263. The van der Waals surface area contributed by atoms with Gasteiger partial charge < -0.3 is 8.98 Å². The van der Waals surface area contributed by atoms with Gasteiger partial charge in [-0.15, -0.1) is 0 Å². The molecule has 0 atom stereocenters. The number of pyridine rings is 1. The molecule has 0 bridgehead atoms. The van der Waals surface area contributed by atoms with Crippen LogP contribution in [0.2, 0.25) is 5.02 Å². The summed E-state index contributed by atoms with van der Waals surface area (Å²) in [6.07, 6.45) is 4.61. The number of hydrogen-bond acceptors (Lipinski definition) is 5. The van der Waals surface area contributed by atoms with Crippen molar-refractivity contribution < 1.29 is 12.8 Å². The van der Waals surface area contributed by atoms with E-state index in [0.29, 0.717) is 29.8 Å². The molecule has 0 spiro atoms. The first-order valence-electron chi connectivity index (χ1n) is 8.85. The Morgan fingerprint density at radius 2 is 1.79 bits per heavy atom. The summed E-state index contributed by atoms with van der Waals surface area (Å²) in [5.41, 5.74) is 0.479. The third kappa shape index (κ3) is 3.76. The number of benzene rings is 1. The first-order chi connectivity index (χ1) is 13.4. The summed E-state index contributed by atoms with van der Waals surface area (Å²) in [6, 6.07) is 9.71. The van der Waals surface area contributed by atoms with E-state index in [4.69, 9.17) is 16.0 Å². The summed E-state index contributed by atoms with van der Waals surface area (Å²) >= 11 is 5.89. The number of aromatic nitrogens is 2. The SMILES string of the molecule is O=c1ccc(S(=O)(=O)N2CCCC2)cn1Cc1ncc(-c2ccc(Cl)cc2)o1. The highest BCUT2D eigenvalue weighted by atomic mass is 35.5. The van der Waals surface area contributed by atoms with E-state index < -0.39 is 10.0 Å². The number of sulfonamides is 1. The van der Waals surface area contributed by atoms with E-state index in [0.717, 1.165) is 18.4 Å². The third-order valence-electron chi connectivity index (χ3n) is 4.65. The van der Waals surface area contributed by atoms with Crippen LogP contribution in [0.25, 0.3) is 11.3 Å². The number of rotatable bonds is 5. The molecule has 3 aromatic rings. The Kier molecular flexibility index (Phi) is 5.09. The average Bonchev–Trinajstić information content (AvgIpc) is 3.36. The maximum Gasteiger partial charge on any atom is 0.251 e. The van der Waals surface area contributed by atoms with Gasteiger partial charge in [0.2, 0.25) is 15.9 Å². The molecule has 4 rings (SSSR count). The summed E-state index contributed by atoms with van der Waals surface area (Å²) in [6.45, 7) is 1.05. The summed E-state index contributed by atoms with van der Waals surface area (Å²) in [7, 11) is -3.60. The molecule has 1 fully saturated rings. The van der Waals surface area contributed by atoms with Crippen molar-refractivity contribution in [2.24, 2.45) is 0 Å². The Hall–Kier alpha value is -2.42. The topological polar surface area (TPSA) is 85.4 Å². The Labute approximate surface area is 167 Å². The van der Waals surface area contributed by atoms with Crippen molar-refractivity contribution >= 4 is 21.6 Å². The number of hydrogen-bond donors (Lipinski definition) is 0. The lowest BCUT2D eigenvalue weighted by Crippen LogP contribution is -2.29. The second-order valence-corrected chi connectivity index (χ2v) is 8.94. The predicted molar refractivity (Wildman–Crippen MR) is 105 cm³/mol. The zero-order valence-electron chi connectivity index (χ0n) is 14.9. The Morgan fingerprint density at radius 1 is 1.07 bits per heavy atom. The zero-order chi connectivity index (χ0) is 19.7. The molecule has 0 radical (unpaired) electrons. The van der Waals surface area contributed by atoms with Gasteiger partial charge in [-0.05, 0) is 43.2 Å². The Balaban J connectivity index is 1.60. The van der Waals surface area contributed by atoms with Crippen molar-refractivity contribution in [1.82, 2.24) is 13.9 Å². The van der Waals surface area contributed by atoms with Crippen molar-refractivity contribution in [3.05, 3.63) is 70.1 Å². The summed E-state index contributed by atoms with van der Waals surface area (Å²) < 4.78 is 33.9. The number of halogens is 1. The minimum absolute atomic E-state index is 0.0375. The fourth-order valence-corrected chi connectivity index (χ4v) is 4.80. The first kappa shape index (κ1) is 18.9. The summed E-state index contributed by atoms with van der Waals surface area (Å²) in [5.74, 6) is 0.850. The molecule has 1 aliphatic heterocycles. The van der Waals surface area contributed by atoms with E-state index in [2.05, 4.69) is 4.98 Å². The lowest BCUT2D eigenvalue weighted by molar-refractivity contribution is 0.471. The second kappa shape index (κ2) is 7.54. The van der Waals surface area contributed by atoms with Crippen molar-refractivity contribution in [3.8, 4) is 11.3 Å². The van der Waals surface area contributed by atoms with Crippen LogP contribution in [-0.4, -0.2) is 35.4 Å². The summed E-state index contributed by atoms with van der Waals surface area (Å²) in [4.78, 5) is 16.5. The van der Waals surface area contributed by atoms with Gasteiger partial charge in [0.05, 0.1) is 11.1 Å². The van der Waals surface area contributed by atoms with Gasteiger partial charge in [0.25, 0.3) is 5.56 Å². The molecular formula is C19H18ClN3O4S. The average molecular weight is 420 g/mol. The molecule has 0 saturated carbocycles. The lowest BCUT2D eigenvalue weighted by Gasteiger charge is -2.16. The standard InChI is InChI=1S/C19H18ClN3O4S/c20-15-5-3-14(4-6-15)17-11-21-18(27-17)13-22-12-16(7-8-19(22)24)28(25,26)23-9-1-2-10-23/h3-8,11-12H,1-2,9-10,13H2. The van der Waals surface area contributed by atoms with E-state index in [-0.39, 0.29) is 17.0 Å². The van der Waals surface area contributed by atoms with Crippen LogP contribution in [0.5, 0.6) is 0 Å². The third-order valence-corrected chi connectivity index (χ3v) is 6.78. The minimum Gasteiger partial charge on any atom is -0.439 e. The highest BCUT2D eigenvalue weighted by molar-refractivity contribution is 7.89. The van der Waals surface area contributed by atoms with Crippen LogP contribution < -0.4 is 5.56 Å². The number of oxazole rings is 1. The molecule has 0 aliphatic carbocycles. The van der Waals surface area contributed by atoms with Gasteiger partial charge in [0, 0.05) is 35.9 Å². The smallest absolute Gasteiger partial charge is 0.251 e. The van der Waals surface area contributed by atoms with Crippen LogP contribution in [0, 0.1) is 0 Å². The van der Waals surface area contributed by atoms with Crippen molar-refractivity contribution in [3.63, 3.8) is 0 Å². The Bertz CT molecular complexity index is 1150. The molecule has 2 aromatic heterocycles. The molecule has 1 saturated heterocycles. The molecule has 0 unspecified atom stereocenters. The molecular weight excluding hydrogens is 402 g/mol. The van der Waals surface area contributed by atoms with E-state index in [1.165, 1.54) is 27.2 Å². The van der Waals surface area contributed by atoms with E-state index in [1.807, 2.05) is 12.1 Å². The van der Waals surface area contributed by atoms with Crippen LogP contribution in [0.4, 0.5) is 0 Å². The Morgan fingerprint density at radius 3 is 2.50 bits per heavy atom. The van der Waals surface area contributed by atoms with Gasteiger partial charge in [0.1, 0.15) is 6.54 Å². The van der Waals surface area contributed by atoms with Crippen molar-refractivity contribution in [2.45, 2.75) is 24.3 Å². The molecule has 1 aliphatic rings. The maximum atomic E-state index is 12.7. The van der Waals surface area contributed by atoms with Crippen molar-refractivity contribution in [2.75, 3.05) is 13.1 Å². The van der Waals surface area contributed by atoms with Gasteiger partial charge in [0.15, 0.2) is 5.76 Å². The molecule has 1 aromatic carbocycles. The van der Waals surface area contributed by atoms with Crippen LogP contribution in [-0.2, 0) is 16.6 Å². The van der Waals surface area contributed by atoms with Crippen LogP contribution >= 0.6 is 11.6 Å². The highest BCUT2D eigenvalue weighted by Gasteiger charge is 2.27. The normalized spacial score (nSPS) is 15.2. The molecule has 0 N–H and O–H groups in total. The van der Waals surface area contributed by atoms with Crippen LogP contribution in [0.15, 0.2) is 62.9 Å². The van der Waals surface area contributed by atoms with Gasteiger partial charge >= 0.3 is 0 Å². The lowest BCUT2D eigenvalue weighted by atomic mass is 10.2. The highest BCUT2D eigenvalue weighted by Crippen LogP contribution is 2.23. The fourth-order valence-electron chi connectivity index (χ4n) is 3.14. The molecule has 3 heterocycles. The van der Waals surface area contributed by atoms with E-state index >= 15 is 0 Å². The van der Waals surface area contributed by atoms with Gasteiger partial charge in [-0.2, -0.15) is 4.31 Å². The largest absolute Gasteiger partial charge is 0.439 e. The molecule has 9 heteroatoms. The monoisotopic (exact) mass is 419 g/mol. The second-order valence-electron chi connectivity index (χ2n) is 6.57. The van der Waals surface area contributed by atoms with Crippen LogP contribution in [0.1, 0.15) is 18.7 Å². The number of nitrogens with zero attached hydrogens (tertiary/aromatic N) is 3. The van der Waals surface area contributed by atoms with E-state index in [9.17, 15) is 13.2 Å². The molecule has 0 amide bonds. The molecule has 7 nitrogen and oxygen atoms in total.